The smallest absolute Gasteiger partial charge is 0.104 e. The third-order valence-electron chi connectivity index (χ3n) is 5.88. The standard InChI is InChI=1S/C20H38N2OS/c1-6-12-24(5)16-19(8-7-11-23)13-20(24)15-21-9-10-22(17(2)3)18(4)14-21/h17-20,23H,6,9-16H2,1-5H3. The topological polar surface area (TPSA) is 26.7 Å². The summed E-state index contributed by atoms with van der Waals surface area (Å²) in [5.41, 5.74) is 0. The van der Waals surface area contributed by atoms with E-state index in [0.29, 0.717) is 18.0 Å². The summed E-state index contributed by atoms with van der Waals surface area (Å²) in [6.45, 7) is 14.2. The zero-order valence-corrected chi connectivity index (χ0v) is 17.2. The molecule has 0 bridgehead atoms. The van der Waals surface area contributed by atoms with Gasteiger partial charge in [-0.2, -0.15) is 0 Å². The Labute approximate surface area is 151 Å². The van der Waals surface area contributed by atoms with Crippen molar-refractivity contribution in [2.75, 3.05) is 50.5 Å². The van der Waals surface area contributed by atoms with Crippen molar-refractivity contribution >= 4 is 10.0 Å². The van der Waals surface area contributed by atoms with Crippen LogP contribution in [-0.4, -0.2) is 82.8 Å². The molecule has 3 nitrogen and oxygen atoms in total. The summed E-state index contributed by atoms with van der Waals surface area (Å²) in [7, 11) is -0.560. The van der Waals surface area contributed by atoms with Crippen LogP contribution in [0.1, 0.15) is 40.5 Å². The molecule has 4 unspecified atom stereocenters. The predicted molar refractivity (Wildman–Crippen MR) is 108 cm³/mol. The van der Waals surface area contributed by atoms with Gasteiger partial charge >= 0.3 is 0 Å². The Bertz CT molecular complexity index is 458. The molecular formula is C20H38N2OS. The minimum atomic E-state index is -0.560. The second-order valence-electron chi connectivity index (χ2n) is 8.20. The molecule has 2 aliphatic rings. The van der Waals surface area contributed by atoms with Gasteiger partial charge in [0.15, 0.2) is 0 Å². The lowest BCUT2D eigenvalue weighted by Gasteiger charge is -2.45. The molecule has 140 valence electrons. The maximum absolute atomic E-state index is 9.01. The third kappa shape index (κ3) is 4.91. The minimum absolute atomic E-state index is 0.00959. The van der Waals surface area contributed by atoms with E-state index >= 15 is 0 Å². The first-order valence-corrected chi connectivity index (χ1v) is 12.1. The molecule has 0 aromatic rings. The summed E-state index contributed by atoms with van der Waals surface area (Å²) >= 11 is 0. The van der Waals surface area contributed by atoms with Crippen LogP contribution in [0, 0.1) is 17.8 Å². The molecule has 2 saturated heterocycles. The van der Waals surface area contributed by atoms with E-state index in [0.717, 1.165) is 5.25 Å². The van der Waals surface area contributed by atoms with Gasteiger partial charge in [-0.15, -0.1) is 0 Å². The summed E-state index contributed by atoms with van der Waals surface area (Å²) in [4.78, 5) is 5.36. The van der Waals surface area contributed by atoms with Crippen molar-refractivity contribution in [1.82, 2.24) is 9.80 Å². The Morgan fingerprint density at radius 3 is 2.62 bits per heavy atom. The second-order valence-corrected chi connectivity index (χ2v) is 12.3. The molecule has 0 aliphatic carbocycles. The van der Waals surface area contributed by atoms with Crippen LogP contribution in [0.15, 0.2) is 0 Å². The molecule has 24 heavy (non-hydrogen) atoms. The molecular weight excluding hydrogens is 316 g/mol. The second kappa shape index (κ2) is 8.94. The fourth-order valence-electron chi connectivity index (χ4n) is 4.74. The first-order chi connectivity index (χ1) is 11.4. The maximum Gasteiger partial charge on any atom is 0.104 e. The largest absolute Gasteiger partial charge is 0.384 e. The van der Waals surface area contributed by atoms with E-state index in [-0.39, 0.29) is 6.61 Å². The molecule has 0 spiro atoms. The van der Waals surface area contributed by atoms with Gasteiger partial charge in [-0.05, 0) is 51.4 Å². The lowest BCUT2D eigenvalue weighted by atomic mass is 10.1. The van der Waals surface area contributed by atoms with E-state index in [4.69, 9.17) is 5.11 Å². The van der Waals surface area contributed by atoms with E-state index in [2.05, 4.69) is 55.6 Å². The first-order valence-electron chi connectivity index (χ1n) is 9.69. The molecule has 2 heterocycles. The van der Waals surface area contributed by atoms with Crippen LogP contribution < -0.4 is 0 Å². The number of hydrogen-bond donors (Lipinski definition) is 1. The number of piperazine rings is 1. The van der Waals surface area contributed by atoms with Gasteiger partial charge in [0, 0.05) is 49.4 Å². The molecule has 2 rings (SSSR count). The highest BCUT2D eigenvalue weighted by Crippen LogP contribution is 2.58. The molecule has 0 radical (unpaired) electrons. The summed E-state index contributed by atoms with van der Waals surface area (Å²) in [5.74, 6) is 9.45. The van der Waals surface area contributed by atoms with Crippen molar-refractivity contribution in [3.8, 4) is 11.8 Å². The number of rotatable bonds is 5. The van der Waals surface area contributed by atoms with Crippen LogP contribution in [0.25, 0.3) is 0 Å². The van der Waals surface area contributed by atoms with Gasteiger partial charge < -0.3 is 5.11 Å². The third-order valence-corrected chi connectivity index (χ3v) is 10.3. The van der Waals surface area contributed by atoms with Gasteiger partial charge in [0.25, 0.3) is 0 Å². The van der Waals surface area contributed by atoms with Crippen molar-refractivity contribution in [3.63, 3.8) is 0 Å². The van der Waals surface area contributed by atoms with Gasteiger partial charge in [-0.1, -0.05) is 18.8 Å². The molecule has 4 atom stereocenters. The van der Waals surface area contributed by atoms with Gasteiger partial charge in [0.05, 0.1) is 0 Å². The SMILES string of the molecule is CCCS1(C)CC(C#CCO)CC1CN1CCN(C(C)C)C(C)C1. The highest BCUT2D eigenvalue weighted by molar-refractivity contribution is 8.33. The lowest BCUT2D eigenvalue weighted by Crippen LogP contribution is -2.55. The van der Waals surface area contributed by atoms with E-state index in [1.807, 2.05) is 0 Å². The van der Waals surface area contributed by atoms with Gasteiger partial charge in [0.1, 0.15) is 6.61 Å². The van der Waals surface area contributed by atoms with Crippen molar-refractivity contribution in [1.29, 1.82) is 0 Å². The quantitative estimate of drug-likeness (QED) is 0.769. The molecule has 0 aromatic carbocycles. The zero-order chi connectivity index (χ0) is 17.7. The monoisotopic (exact) mass is 354 g/mol. The number of nitrogens with zero attached hydrogens (tertiary/aromatic N) is 2. The van der Waals surface area contributed by atoms with Crippen LogP contribution in [0.3, 0.4) is 0 Å². The molecule has 2 aliphatic heterocycles. The Morgan fingerprint density at radius 2 is 2.04 bits per heavy atom. The fourth-order valence-corrected chi connectivity index (χ4v) is 8.85. The molecule has 0 saturated carbocycles. The van der Waals surface area contributed by atoms with Crippen molar-refractivity contribution in [2.24, 2.45) is 5.92 Å². The van der Waals surface area contributed by atoms with Crippen molar-refractivity contribution < 1.29 is 5.11 Å². The Hall–Kier alpha value is -0.210. The van der Waals surface area contributed by atoms with Gasteiger partial charge in [-0.25, -0.2) is 10.0 Å². The van der Waals surface area contributed by atoms with E-state index in [1.165, 1.54) is 50.5 Å². The summed E-state index contributed by atoms with van der Waals surface area (Å²) < 4.78 is 0. The minimum Gasteiger partial charge on any atom is -0.384 e. The van der Waals surface area contributed by atoms with E-state index < -0.39 is 10.0 Å². The Balaban J connectivity index is 1.99. The number of hydrogen-bond acceptors (Lipinski definition) is 3. The van der Waals surface area contributed by atoms with E-state index in [9.17, 15) is 0 Å². The van der Waals surface area contributed by atoms with Gasteiger partial charge in [-0.3, -0.25) is 9.80 Å². The van der Waals surface area contributed by atoms with Crippen molar-refractivity contribution in [3.05, 3.63) is 0 Å². The first kappa shape index (κ1) is 20.1. The molecule has 4 heteroatoms. The van der Waals surface area contributed by atoms with Crippen LogP contribution in [-0.2, 0) is 0 Å². The van der Waals surface area contributed by atoms with Crippen LogP contribution >= 0.6 is 10.0 Å². The zero-order valence-electron chi connectivity index (χ0n) is 16.4. The summed E-state index contributed by atoms with van der Waals surface area (Å²) in [6, 6.07) is 1.32. The molecule has 2 fully saturated rings. The average Bonchev–Trinajstić information content (AvgIpc) is 2.81. The highest BCUT2D eigenvalue weighted by Gasteiger charge is 2.40. The Kier molecular flexibility index (Phi) is 7.49. The number of aliphatic hydroxyl groups excluding tert-OH is 1. The molecule has 1 N–H and O–H groups in total. The summed E-state index contributed by atoms with van der Waals surface area (Å²) in [5, 5.41) is 9.83. The van der Waals surface area contributed by atoms with Gasteiger partial charge in [0.2, 0.25) is 0 Å². The van der Waals surface area contributed by atoms with Crippen molar-refractivity contribution in [2.45, 2.75) is 57.9 Å². The average molecular weight is 355 g/mol. The lowest BCUT2D eigenvalue weighted by molar-refractivity contribution is 0.0603. The highest BCUT2D eigenvalue weighted by atomic mass is 32.3. The molecule has 0 aromatic heterocycles. The van der Waals surface area contributed by atoms with E-state index in [1.54, 1.807) is 0 Å². The van der Waals surface area contributed by atoms with Crippen LogP contribution in [0.2, 0.25) is 0 Å². The normalized spacial score (nSPS) is 37.9. The predicted octanol–water partition coefficient (Wildman–Crippen LogP) is 2.63. The van der Waals surface area contributed by atoms with Crippen LogP contribution in [0.5, 0.6) is 0 Å². The number of aliphatic hydroxyl groups is 1. The fraction of sp³-hybridized carbons (Fsp3) is 0.900. The summed E-state index contributed by atoms with van der Waals surface area (Å²) in [6.07, 6.45) is 5.10. The molecule has 0 amide bonds. The van der Waals surface area contributed by atoms with Crippen LogP contribution in [0.4, 0.5) is 0 Å². The maximum atomic E-state index is 9.01. The Morgan fingerprint density at radius 1 is 1.29 bits per heavy atom.